The molecule has 0 amide bonds. The van der Waals surface area contributed by atoms with Crippen molar-refractivity contribution in [1.29, 1.82) is 0 Å². The van der Waals surface area contributed by atoms with Gasteiger partial charge < -0.3 is 15.6 Å². The maximum Gasteiger partial charge on any atom is 0.264 e. The number of nitrogens with zero attached hydrogens (tertiary/aromatic N) is 5. The van der Waals surface area contributed by atoms with Crippen molar-refractivity contribution in [2.45, 2.75) is 50.7 Å². The van der Waals surface area contributed by atoms with Crippen LogP contribution in [0.25, 0.3) is 33.1 Å². The Hall–Kier alpha value is -2.84. The highest BCUT2D eigenvalue weighted by atomic mass is 35.5. The minimum atomic E-state index is -0.0736. The Bertz CT molecular complexity index is 1430. The lowest BCUT2D eigenvalue weighted by atomic mass is 9.98. The molecule has 3 aromatic heterocycles. The molecule has 3 atom stereocenters. The first kappa shape index (κ1) is 19.8. The van der Waals surface area contributed by atoms with E-state index < -0.39 is 0 Å². The topological polar surface area (TPSA) is 97.8 Å². The Balaban J connectivity index is 1.54. The Kier molecular flexibility index (Phi) is 4.23. The SMILES string of the molecule is Cc1cc(-c2c[nH]c3nc(N4[C@@H]5CC[C@H]4CC(N)C5)n(C)c(=O)c23)c(Cl)c2cn(C)nc12. The molecule has 9 heteroatoms. The van der Waals surface area contributed by atoms with Crippen LogP contribution in [0.3, 0.4) is 0 Å². The zero-order valence-corrected chi connectivity index (χ0v) is 19.1. The first-order valence-corrected chi connectivity index (χ1v) is 11.5. The Labute approximate surface area is 190 Å². The van der Waals surface area contributed by atoms with Crippen LogP contribution in [-0.4, -0.2) is 42.4 Å². The van der Waals surface area contributed by atoms with E-state index in [9.17, 15) is 4.79 Å². The summed E-state index contributed by atoms with van der Waals surface area (Å²) in [4.78, 5) is 24.1. The Morgan fingerprint density at radius 2 is 1.91 bits per heavy atom. The smallest absolute Gasteiger partial charge is 0.264 e. The largest absolute Gasteiger partial charge is 0.345 e. The van der Waals surface area contributed by atoms with E-state index in [4.69, 9.17) is 22.3 Å². The van der Waals surface area contributed by atoms with E-state index >= 15 is 0 Å². The van der Waals surface area contributed by atoms with E-state index in [0.717, 1.165) is 59.2 Å². The van der Waals surface area contributed by atoms with E-state index in [0.29, 0.717) is 28.1 Å². The molecule has 2 aliphatic heterocycles. The molecule has 0 spiro atoms. The molecule has 1 unspecified atom stereocenters. The highest BCUT2D eigenvalue weighted by Gasteiger charge is 2.41. The fourth-order valence-electron chi connectivity index (χ4n) is 5.77. The molecule has 32 heavy (non-hydrogen) atoms. The Morgan fingerprint density at radius 3 is 2.62 bits per heavy atom. The van der Waals surface area contributed by atoms with Crippen molar-refractivity contribution in [3.05, 3.63) is 39.4 Å². The number of rotatable bonds is 2. The van der Waals surface area contributed by atoms with Crippen molar-refractivity contribution in [1.82, 2.24) is 24.3 Å². The van der Waals surface area contributed by atoms with Crippen LogP contribution in [0.4, 0.5) is 5.95 Å². The predicted octanol–water partition coefficient (Wildman–Crippen LogP) is 3.24. The number of piperidine rings is 1. The zero-order chi connectivity index (χ0) is 22.3. The molecule has 2 bridgehead atoms. The summed E-state index contributed by atoms with van der Waals surface area (Å²) < 4.78 is 3.44. The lowest BCUT2D eigenvalue weighted by Gasteiger charge is -2.38. The van der Waals surface area contributed by atoms with Crippen molar-refractivity contribution >= 4 is 39.5 Å². The van der Waals surface area contributed by atoms with Crippen molar-refractivity contribution in [2.75, 3.05) is 4.90 Å². The summed E-state index contributed by atoms with van der Waals surface area (Å²) in [7, 11) is 3.69. The number of halogens is 1. The normalized spacial score (nSPS) is 23.0. The summed E-state index contributed by atoms with van der Waals surface area (Å²) in [5, 5.41) is 6.54. The number of nitrogens with one attached hydrogen (secondary N) is 1. The highest BCUT2D eigenvalue weighted by Crippen LogP contribution is 2.40. The van der Waals surface area contributed by atoms with E-state index in [-0.39, 0.29) is 11.6 Å². The van der Waals surface area contributed by atoms with Crippen molar-refractivity contribution in [3.63, 3.8) is 0 Å². The average molecular weight is 452 g/mol. The number of fused-ring (bicyclic) bond motifs is 4. The van der Waals surface area contributed by atoms with Gasteiger partial charge in [0.25, 0.3) is 5.56 Å². The first-order chi connectivity index (χ1) is 15.3. The van der Waals surface area contributed by atoms with Gasteiger partial charge in [0.2, 0.25) is 5.95 Å². The van der Waals surface area contributed by atoms with Gasteiger partial charge in [-0.1, -0.05) is 11.6 Å². The molecule has 2 aliphatic rings. The van der Waals surface area contributed by atoms with Gasteiger partial charge in [0, 0.05) is 61.1 Å². The molecule has 6 rings (SSSR count). The van der Waals surface area contributed by atoms with Gasteiger partial charge in [0.1, 0.15) is 5.65 Å². The van der Waals surface area contributed by atoms with Gasteiger partial charge in [-0.15, -0.1) is 0 Å². The lowest BCUT2D eigenvalue weighted by Crippen LogP contribution is -2.49. The molecular formula is C23H26ClN7O. The van der Waals surface area contributed by atoms with Crippen LogP contribution >= 0.6 is 11.6 Å². The predicted molar refractivity (Wildman–Crippen MR) is 127 cm³/mol. The third kappa shape index (κ3) is 2.69. The van der Waals surface area contributed by atoms with Crippen LogP contribution in [0.2, 0.25) is 5.02 Å². The number of aryl methyl sites for hydroxylation is 2. The van der Waals surface area contributed by atoms with Gasteiger partial charge in [-0.3, -0.25) is 14.0 Å². The number of hydrogen-bond acceptors (Lipinski definition) is 5. The molecule has 3 N–H and O–H groups in total. The van der Waals surface area contributed by atoms with Gasteiger partial charge >= 0.3 is 0 Å². The first-order valence-electron chi connectivity index (χ1n) is 11.1. The molecule has 1 aromatic carbocycles. The third-order valence-electron chi connectivity index (χ3n) is 7.22. The van der Waals surface area contributed by atoms with Crippen LogP contribution in [0.5, 0.6) is 0 Å². The number of aromatic nitrogens is 5. The van der Waals surface area contributed by atoms with Gasteiger partial charge in [-0.25, -0.2) is 0 Å². The summed E-state index contributed by atoms with van der Waals surface area (Å²) in [6, 6.07) is 2.92. The molecular weight excluding hydrogens is 426 g/mol. The minimum Gasteiger partial charge on any atom is -0.345 e. The fourth-order valence-corrected chi connectivity index (χ4v) is 6.06. The Morgan fingerprint density at radius 1 is 1.19 bits per heavy atom. The summed E-state index contributed by atoms with van der Waals surface area (Å²) in [5.41, 5.74) is 10.2. The second-order valence-electron chi connectivity index (χ2n) is 9.35. The van der Waals surface area contributed by atoms with Crippen LogP contribution in [-0.2, 0) is 14.1 Å². The van der Waals surface area contributed by atoms with Crippen LogP contribution in [0, 0.1) is 6.92 Å². The zero-order valence-electron chi connectivity index (χ0n) is 18.4. The van der Waals surface area contributed by atoms with Crippen molar-refractivity contribution in [2.24, 2.45) is 19.8 Å². The third-order valence-corrected chi connectivity index (χ3v) is 7.62. The lowest BCUT2D eigenvalue weighted by molar-refractivity contribution is 0.405. The van der Waals surface area contributed by atoms with Crippen molar-refractivity contribution < 1.29 is 0 Å². The number of H-pyrrole nitrogens is 1. The average Bonchev–Trinajstić information content (AvgIpc) is 3.42. The van der Waals surface area contributed by atoms with Crippen LogP contribution < -0.4 is 16.2 Å². The standard InChI is InChI=1S/C23H26ClN7O/c1-11-6-15(19(24)17-10-29(2)28-20(11)17)16-9-26-21-18(16)22(32)30(3)23(27-21)31-13-4-5-14(31)8-12(25)7-13/h6,9-10,12-14,26H,4-5,7-8,25H2,1-3H3/t12?,13-,14+. The summed E-state index contributed by atoms with van der Waals surface area (Å²) in [5.74, 6) is 0.722. The van der Waals surface area contributed by atoms with Gasteiger partial charge in [-0.2, -0.15) is 10.1 Å². The molecule has 5 heterocycles. The number of benzene rings is 1. The van der Waals surface area contributed by atoms with E-state index in [1.807, 2.05) is 39.5 Å². The maximum absolute atomic E-state index is 13.6. The summed E-state index contributed by atoms with van der Waals surface area (Å²) in [6.07, 6.45) is 7.84. The highest BCUT2D eigenvalue weighted by molar-refractivity contribution is 6.38. The van der Waals surface area contributed by atoms with E-state index in [2.05, 4.69) is 15.0 Å². The molecule has 8 nitrogen and oxygen atoms in total. The molecule has 4 aromatic rings. The minimum absolute atomic E-state index is 0.0736. The van der Waals surface area contributed by atoms with Gasteiger partial charge in [0.05, 0.1) is 15.9 Å². The molecule has 166 valence electrons. The summed E-state index contributed by atoms with van der Waals surface area (Å²) in [6.45, 7) is 2.01. The molecule has 2 fully saturated rings. The second-order valence-corrected chi connectivity index (χ2v) is 9.72. The number of anilines is 1. The maximum atomic E-state index is 13.6. The number of nitrogens with two attached hydrogens (primary N) is 1. The van der Waals surface area contributed by atoms with E-state index in [1.54, 1.807) is 9.25 Å². The number of aromatic amines is 1. The quantitative estimate of drug-likeness (QED) is 0.487. The molecule has 0 aliphatic carbocycles. The molecule has 0 radical (unpaired) electrons. The molecule has 2 saturated heterocycles. The summed E-state index contributed by atoms with van der Waals surface area (Å²) >= 11 is 6.81. The monoisotopic (exact) mass is 451 g/mol. The van der Waals surface area contributed by atoms with E-state index in [1.165, 1.54) is 0 Å². The molecule has 0 saturated carbocycles. The van der Waals surface area contributed by atoms with Crippen LogP contribution in [0.1, 0.15) is 31.2 Å². The van der Waals surface area contributed by atoms with Crippen molar-refractivity contribution in [3.8, 4) is 11.1 Å². The van der Waals surface area contributed by atoms with Crippen LogP contribution in [0.15, 0.2) is 23.3 Å². The van der Waals surface area contributed by atoms with Gasteiger partial charge in [0.15, 0.2) is 0 Å². The second kappa shape index (κ2) is 6.83. The fraction of sp³-hybridized carbons (Fsp3) is 0.435. The number of hydrogen-bond donors (Lipinski definition) is 2. The van der Waals surface area contributed by atoms with Gasteiger partial charge in [-0.05, 0) is 44.2 Å².